The normalized spacial score (nSPS) is 26.8. The Morgan fingerprint density at radius 1 is 1.48 bits per heavy atom. The average molecular weight is 291 g/mol. The van der Waals surface area contributed by atoms with Gasteiger partial charge in [-0.05, 0) is 58.1 Å². The Morgan fingerprint density at radius 2 is 2.14 bits per heavy atom. The molecule has 0 aromatic carbocycles. The van der Waals surface area contributed by atoms with Crippen molar-refractivity contribution in [1.82, 2.24) is 4.98 Å². The lowest BCUT2D eigenvalue weighted by Crippen LogP contribution is -2.48. The molecule has 1 saturated carbocycles. The standard InChI is InChI=1S/C17H25NO3/c1-5-17(15(20)21-16(2,3)4)10-12(11-17)14(19)13-8-6-7-9-18-13/h6-9,12,14,19H,5,10-11H2,1-4H3. The molecule has 1 N–H and O–H groups in total. The molecule has 1 aliphatic carbocycles. The van der Waals surface area contributed by atoms with E-state index in [1.807, 2.05) is 45.9 Å². The number of pyridine rings is 1. The molecule has 0 spiro atoms. The number of hydrogen-bond donors (Lipinski definition) is 1. The summed E-state index contributed by atoms with van der Waals surface area (Å²) in [5, 5.41) is 10.4. The van der Waals surface area contributed by atoms with E-state index in [9.17, 15) is 9.90 Å². The highest BCUT2D eigenvalue weighted by atomic mass is 16.6. The monoisotopic (exact) mass is 291 g/mol. The Labute approximate surface area is 126 Å². The molecule has 1 fully saturated rings. The smallest absolute Gasteiger partial charge is 0.312 e. The third kappa shape index (κ3) is 3.43. The van der Waals surface area contributed by atoms with E-state index in [4.69, 9.17) is 4.74 Å². The number of nitrogens with zero attached hydrogens (tertiary/aromatic N) is 1. The number of ether oxygens (including phenoxy) is 1. The highest BCUT2D eigenvalue weighted by Crippen LogP contribution is 2.53. The van der Waals surface area contributed by atoms with Gasteiger partial charge in [0.05, 0.1) is 17.2 Å². The van der Waals surface area contributed by atoms with E-state index in [0.29, 0.717) is 18.5 Å². The zero-order valence-electron chi connectivity index (χ0n) is 13.3. The first-order valence-corrected chi connectivity index (χ1v) is 7.60. The van der Waals surface area contributed by atoms with Gasteiger partial charge in [-0.2, -0.15) is 0 Å². The summed E-state index contributed by atoms with van der Waals surface area (Å²) in [4.78, 5) is 16.6. The molecule has 0 saturated heterocycles. The summed E-state index contributed by atoms with van der Waals surface area (Å²) < 4.78 is 5.53. The van der Waals surface area contributed by atoms with E-state index in [-0.39, 0.29) is 11.9 Å². The molecule has 0 bridgehead atoms. The summed E-state index contributed by atoms with van der Waals surface area (Å²) in [6, 6.07) is 5.52. The Morgan fingerprint density at radius 3 is 2.62 bits per heavy atom. The molecule has 0 aliphatic heterocycles. The predicted molar refractivity (Wildman–Crippen MR) is 80.5 cm³/mol. The molecule has 0 amide bonds. The van der Waals surface area contributed by atoms with Crippen molar-refractivity contribution in [1.29, 1.82) is 0 Å². The van der Waals surface area contributed by atoms with Crippen molar-refractivity contribution in [2.24, 2.45) is 11.3 Å². The number of rotatable bonds is 4. The van der Waals surface area contributed by atoms with Gasteiger partial charge < -0.3 is 9.84 Å². The third-order valence-corrected chi connectivity index (χ3v) is 4.25. The highest BCUT2D eigenvalue weighted by molar-refractivity contribution is 5.78. The number of aliphatic hydroxyl groups excluding tert-OH is 1. The lowest BCUT2D eigenvalue weighted by atomic mass is 9.58. The SMILES string of the molecule is CCC1(C(=O)OC(C)(C)C)CC(C(O)c2ccccn2)C1. The van der Waals surface area contributed by atoms with Crippen molar-refractivity contribution in [2.45, 2.75) is 58.7 Å². The first kappa shape index (κ1) is 16.0. The molecule has 4 nitrogen and oxygen atoms in total. The van der Waals surface area contributed by atoms with Crippen LogP contribution in [0.15, 0.2) is 24.4 Å². The zero-order chi connectivity index (χ0) is 15.7. The summed E-state index contributed by atoms with van der Waals surface area (Å²) in [6.45, 7) is 7.65. The molecule has 1 aromatic heterocycles. The van der Waals surface area contributed by atoms with E-state index in [1.165, 1.54) is 0 Å². The van der Waals surface area contributed by atoms with Gasteiger partial charge in [-0.3, -0.25) is 9.78 Å². The second kappa shape index (κ2) is 5.76. The van der Waals surface area contributed by atoms with Crippen LogP contribution in [0.4, 0.5) is 0 Å². The Balaban J connectivity index is 2.01. The van der Waals surface area contributed by atoms with Gasteiger partial charge in [0.2, 0.25) is 0 Å². The average Bonchev–Trinajstić information content (AvgIpc) is 2.37. The van der Waals surface area contributed by atoms with Gasteiger partial charge in [-0.25, -0.2) is 0 Å². The third-order valence-electron chi connectivity index (χ3n) is 4.25. The highest BCUT2D eigenvalue weighted by Gasteiger charge is 2.53. The fourth-order valence-electron chi connectivity index (χ4n) is 2.95. The molecule has 1 heterocycles. The first-order chi connectivity index (χ1) is 9.77. The Kier molecular flexibility index (Phi) is 4.38. The molecular weight excluding hydrogens is 266 g/mol. The van der Waals surface area contributed by atoms with Crippen LogP contribution in [0.5, 0.6) is 0 Å². The summed E-state index contributed by atoms with van der Waals surface area (Å²) >= 11 is 0. The molecule has 2 rings (SSSR count). The van der Waals surface area contributed by atoms with Crippen LogP contribution in [0.3, 0.4) is 0 Å². The number of carbonyl (C=O) groups is 1. The minimum Gasteiger partial charge on any atom is -0.460 e. The lowest BCUT2D eigenvalue weighted by Gasteiger charge is -2.47. The van der Waals surface area contributed by atoms with E-state index in [2.05, 4.69) is 4.98 Å². The van der Waals surface area contributed by atoms with Gasteiger partial charge in [-0.1, -0.05) is 13.0 Å². The number of carbonyl (C=O) groups excluding carboxylic acids is 1. The molecule has 0 radical (unpaired) electrons. The quantitative estimate of drug-likeness (QED) is 0.865. The molecule has 1 unspecified atom stereocenters. The van der Waals surface area contributed by atoms with E-state index in [0.717, 1.165) is 6.42 Å². The Bertz CT molecular complexity index is 487. The van der Waals surface area contributed by atoms with Crippen LogP contribution >= 0.6 is 0 Å². The molecule has 21 heavy (non-hydrogen) atoms. The van der Waals surface area contributed by atoms with Crippen LogP contribution in [0, 0.1) is 11.3 Å². The van der Waals surface area contributed by atoms with Crippen LogP contribution in [-0.2, 0) is 9.53 Å². The molecule has 116 valence electrons. The van der Waals surface area contributed by atoms with Crippen LogP contribution < -0.4 is 0 Å². The summed E-state index contributed by atoms with van der Waals surface area (Å²) in [5.41, 5.74) is -0.228. The number of hydrogen-bond acceptors (Lipinski definition) is 4. The van der Waals surface area contributed by atoms with Crippen molar-refractivity contribution in [3.05, 3.63) is 30.1 Å². The van der Waals surface area contributed by atoms with Gasteiger partial charge in [0.25, 0.3) is 0 Å². The fourth-order valence-corrected chi connectivity index (χ4v) is 2.95. The fraction of sp³-hybridized carbons (Fsp3) is 0.647. The van der Waals surface area contributed by atoms with E-state index in [1.54, 1.807) is 6.20 Å². The minimum absolute atomic E-state index is 0.0763. The number of aromatic nitrogens is 1. The molecule has 1 aliphatic rings. The van der Waals surface area contributed by atoms with Gasteiger partial charge in [0.15, 0.2) is 0 Å². The van der Waals surface area contributed by atoms with Crippen molar-refractivity contribution < 1.29 is 14.6 Å². The van der Waals surface area contributed by atoms with E-state index < -0.39 is 17.1 Å². The molecule has 1 aromatic rings. The number of aliphatic hydroxyl groups is 1. The largest absolute Gasteiger partial charge is 0.460 e. The van der Waals surface area contributed by atoms with E-state index >= 15 is 0 Å². The van der Waals surface area contributed by atoms with Gasteiger partial charge in [0.1, 0.15) is 5.60 Å². The molecular formula is C17H25NO3. The maximum Gasteiger partial charge on any atom is 0.312 e. The minimum atomic E-state index is -0.603. The maximum absolute atomic E-state index is 12.4. The summed E-state index contributed by atoms with van der Waals surface area (Å²) in [5.74, 6) is -0.0608. The van der Waals surface area contributed by atoms with Crippen LogP contribution in [0.25, 0.3) is 0 Å². The molecule has 1 atom stereocenters. The second-order valence-electron chi connectivity index (χ2n) is 7.00. The first-order valence-electron chi connectivity index (χ1n) is 7.60. The van der Waals surface area contributed by atoms with Gasteiger partial charge in [-0.15, -0.1) is 0 Å². The zero-order valence-corrected chi connectivity index (χ0v) is 13.3. The predicted octanol–water partition coefficient (Wildman–Crippen LogP) is 3.26. The topological polar surface area (TPSA) is 59.4 Å². The van der Waals surface area contributed by atoms with Crippen LogP contribution in [0.1, 0.15) is 58.8 Å². The second-order valence-corrected chi connectivity index (χ2v) is 7.00. The van der Waals surface area contributed by atoms with Crippen molar-refractivity contribution in [3.63, 3.8) is 0 Å². The maximum atomic E-state index is 12.4. The van der Waals surface area contributed by atoms with Crippen LogP contribution in [-0.4, -0.2) is 21.7 Å². The van der Waals surface area contributed by atoms with Crippen molar-refractivity contribution >= 4 is 5.97 Å². The molecule has 4 heteroatoms. The summed E-state index contributed by atoms with van der Waals surface area (Å²) in [6.07, 6.45) is 3.14. The van der Waals surface area contributed by atoms with Crippen LogP contribution in [0.2, 0.25) is 0 Å². The Hall–Kier alpha value is -1.42. The summed E-state index contributed by atoms with van der Waals surface area (Å²) in [7, 11) is 0. The lowest BCUT2D eigenvalue weighted by molar-refractivity contribution is -0.181. The van der Waals surface area contributed by atoms with Gasteiger partial charge in [0, 0.05) is 6.20 Å². The van der Waals surface area contributed by atoms with Crippen molar-refractivity contribution in [2.75, 3.05) is 0 Å². The number of esters is 1. The van der Waals surface area contributed by atoms with Crippen molar-refractivity contribution in [3.8, 4) is 0 Å². The van der Waals surface area contributed by atoms with Gasteiger partial charge >= 0.3 is 5.97 Å².